The van der Waals surface area contributed by atoms with Crippen molar-refractivity contribution in [2.75, 3.05) is 33.4 Å². The molecule has 9 nitrogen and oxygen atoms in total. The molecule has 0 aliphatic heterocycles. The van der Waals surface area contributed by atoms with E-state index in [1.165, 1.54) is 0 Å². The number of hydrogen-bond acceptors (Lipinski definition) is 9. The van der Waals surface area contributed by atoms with Gasteiger partial charge in [-0.2, -0.15) is 4.89 Å². The first-order valence-corrected chi connectivity index (χ1v) is 14.2. The molecular formula is C26H47NO8P+. The van der Waals surface area contributed by atoms with Gasteiger partial charge < -0.3 is 14.8 Å². The molecule has 0 bridgehead atoms. The van der Waals surface area contributed by atoms with Gasteiger partial charge in [-0.3, -0.25) is 9.59 Å². The summed E-state index contributed by atoms with van der Waals surface area (Å²) in [6.45, 7) is 7.71. The molecule has 0 spiro atoms. The summed E-state index contributed by atoms with van der Waals surface area (Å²) in [5, 5.41) is 2.85. The molecule has 2 unspecified atom stereocenters. The number of hydrogen-bond donors (Lipinski definition) is 1. The third-order valence-corrected chi connectivity index (χ3v) is 5.81. The van der Waals surface area contributed by atoms with Crippen LogP contribution in [0.2, 0.25) is 0 Å². The van der Waals surface area contributed by atoms with E-state index in [4.69, 9.17) is 18.9 Å². The summed E-state index contributed by atoms with van der Waals surface area (Å²) >= 11 is 0. The molecule has 0 saturated carbocycles. The van der Waals surface area contributed by atoms with Crippen LogP contribution in [0.1, 0.15) is 89.9 Å². The smallest absolute Gasteiger partial charge is 0.462 e. The largest absolute Gasteiger partial charge is 0.728 e. The van der Waals surface area contributed by atoms with Crippen LogP contribution >= 0.6 is 8.25 Å². The maximum absolute atomic E-state index is 12.3. The molecule has 10 heteroatoms. The number of rotatable bonds is 27. The van der Waals surface area contributed by atoms with E-state index in [9.17, 15) is 14.2 Å². The Morgan fingerprint density at radius 3 is 1.97 bits per heavy atom. The Labute approximate surface area is 218 Å². The highest BCUT2D eigenvalue weighted by Crippen LogP contribution is 2.24. The summed E-state index contributed by atoms with van der Waals surface area (Å²) in [6.07, 6.45) is 15.4. The normalized spacial score (nSPS) is 12.1. The van der Waals surface area contributed by atoms with Crippen molar-refractivity contribution < 1.29 is 37.7 Å². The summed E-state index contributed by atoms with van der Waals surface area (Å²) in [4.78, 5) is 29.1. The zero-order valence-electron chi connectivity index (χ0n) is 22.1. The van der Waals surface area contributed by atoms with Crippen LogP contribution in [0.5, 0.6) is 0 Å². The van der Waals surface area contributed by atoms with E-state index in [1.807, 2.05) is 12.2 Å². The van der Waals surface area contributed by atoms with Gasteiger partial charge in [-0.25, -0.2) is 0 Å². The van der Waals surface area contributed by atoms with Crippen LogP contribution in [0, 0.1) is 0 Å². The van der Waals surface area contributed by atoms with Crippen LogP contribution < -0.4 is 5.32 Å². The van der Waals surface area contributed by atoms with Gasteiger partial charge in [0.2, 0.25) is 0 Å². The van der Waals surface area contributed by atoms with Crippen LogP contribution in [-0.4, -0.2) is 51.5 Å². The van der Waals surface area contributed by atoms with Crippen molar-refractivity contribution in [3.63, 3.8) is 0 Å². The molecule has 208 valence electrons. The first-order chi connectivity index (χ1) is 17.5. The monoisotopic (exact) mass is 532 g/mol. The lowest BCUT2D eigenvalue weighted by Crippen LogP contribution is -2.29. The van der Waals surface area contributed by atoms with Crippen LogP contribution in [0.4, 0.5) is 0 Å². The second kappa shape index (κ2) is 26.4. The lowest BCUT2D eigenvalue weighted by atomic mass is 10.1. The second-order valence-corrected chi connectivity index (χ2v) is 9.36. The van der Waals surface area contributed by atoms with Crippen molar-refractivity contribution >= 4 is 20.2 Å². The standard InChI is InChI=1S/C26H47NO8P/c1-4-6-8-10-12-14-16-18-25(28)31-22-24(23-33-36(30)35-32-21-20-27-3)34-26(29)19-17-15-13-11-9-7-5-2/h4-5,24,27H,1-2,6-23H2,3H3/q+1. The number of likely N-dealkylation sites (N-methyl/N-ethyl adjacent to an activating group) is 1. The molecule has 1 N–H and O–H groups in total. The van der Waals surface area contributed by atoms with Gasteiger partial charge in [0.25, 0.3) is 0 Å². The number of carbonyl (C=O) groups is 2. The molecule has 0 saturated heterocycles. The van der Waals surface area contributed by atoms with E-state index in [-0.39, 0.29) is 32.2 Å². The second-order valence-electron chi connectivity index (χ2n) is 8.50. The maximum Gasteiger partial charge on any atom is 0.728 e. The molecule has 0 aromatic heterocycles. The summed E-state index contributed by atoms with van der Waals surface area (Å²) in [7, 11) is -0.822. The zero-order chi connectivity index (χ0) is 26.7. The van der Waals surface area contributed by atoms with Crippen molar-refractivity contribution in [3.05, 3.63) is 25.3 Å². The summed E-state index contributed by atoms with van der Waals surface area (Å²) in [5.74, 6) is -0.774. The van der Waals surface area contributed by atoms with Gasteiger partial charge >= 0.3 is 20.2 Å². The molecule has 0 radical (unpaired) electrons. The minimum absolute atomic E-state index is 0.171. The topological polar surface area (TPSA) is 109 Å². The number of ether oxygens (including phenoxy) is 2. The summed E-state index contributed by atoms with van der Waals surface area (Å²) in [6, 6.07) is 0. The Hall–Kier alpha value is -1.64. The van der Waals surface area contributed by atoms with E-state index in [0.29, 0.717) is 19.4 Å². The molecule has 0 aromatic carbocycles. The van der Waals surface area contributed by atoms with E-state index in [2.05, 4.69) is 23.1 Å². The number of esters is 2. The van der Waals surface area contributed by atoms with Crippen LogP contribution in [0.15, 0.2) is 25.3 Å². The van der Waals surface area contributed by atoms with Crippen molar-refractivity contribution in [2.24, 2.45) is 0 Å². The van der Waals surface area contributed by atoms with Gasteiger partial charge in [0.05, 0.1) is 11.3 Å². The SMILES string of the molecule is C=CCCCCCCCC(=O)OCC(CO[P+](=O)OOCCNC)OC(=O)CCCCCCCC=C. The van der Waals surface area contributed by atoms with Gasteiger partial charge in [0, 0.05) is 24.0 Å². The number of carbonyl (C=O) groups excluding carboxylic acids is 2. The lowest BCUT2D eigenvalue weighted by Gasteiger charge is -2.15. The molecular weight excluding hydrogens is 485 g/mol. The number of nitrogens with one attached hydrogen (secondary N) is 1. The Kier molecular flexibility index (Phi) is 25.2. The number of allylic oxidation sites excluding steroid dienone is 2. The van der Waals surface area contributed by atoms with Crippen molar-refractivity contribution in [3.8, 4) is 0 Å². The molecule has 0 heterocycles. The average Bonchev–Trinajstić information content (AvgIpc) is 2.87. The molecule has 36 heavy (non-hydrogen) atoms. The molecule has 2 atom stereocenters. The van der Waals surface area contributed by atoms with E-state index in [0.717, 1.165) is 70.6 Å². The third kappa shape index (κ3) is 24.1. The van der Waals surface area contributed by atoms with Crippen molar-refractivity contribution in [1.29, 1.82) is 0 Å². The first kappa shape index (κ1) is 34.4. The Morgan fingerprint density at radius 1 is 0.833 bits per heavy atom. The van der Waals surface area contributed by atoms with Gasteiger partial charge in [-0.1, -0.05) is 50.7 Å². The maximum atomic E-state index is 12.3. The zero-order valence-corrected chi connectivity index (χ0v) is 23.0. The summed E-state index contributed by atoms with van der Waals surface area (Å²) in [5.41, 5.74) is 0. The average molecular weight is 533 g/mol. The summed E-state index contributed by atoms with van der Waals surface area (Å²) < 4.78 is 32.3. The predicted molar refractivity (Wildman–Crippen MR) is 140 cm³/mol. The van der Waals surface area contributed by atoms with Gasteiger partial charge in [-0.15, -0.1) is 17.7 Å². The van der Waals surface area contributed by atoms with Crippen LogP contribution in [-0.2, 0) is 37.7 Å². The fourth-order valence-electron chi connectivity index (χ4n) is 3.19. The quantitative estimate of drug-likeness (QED) is 0.0334. The van der Waals surface area contributed by atoms with Gasteiger partial charge in [-0.05, 0) is 45.6 Å². The first-order valence-electron chi connectivity index (χ1n) is 13.1. The molecule has 0 aromatic rings. The Bertz CT molecular complexity index is 602. The highest BCUT2D eigenvalue weighted by Gasteiger charge is 2.27. The minimum Gasteiger partial charge on any atom is -0.462 e. The highest BCUT2D eigenvalue weighted by atomic mass is 31.1. The Balaban J connectivity index is 4.36. The van der Waals surface area contributed by atoms with Gasteiger partial charge in [0.1, 0.15) is 13.2 Å². The molecule has 0 fully saturated rings. The molecule has 0 amide bonds. The van der Waals surface area contributed by atoms with Crippen molar-refractivity contribution in [1.82, 2.24) is 5.32 Å². The minimum atomic E-state index is -2.57. The van der Waals surface area contributed by atoms with Crippen LogP contribution in [0.25, 0.3) is 0 Å². The third-order valence-electron chi connectivity index (χ3n) is 5.22. The molecule has 0 aliphatic carbocycles. The fraction of sp³-hybridized carbons (Fsp3) is 0.769. The number of unbranched alkanes of at least 4 members (excludes halogenated alkanes) is 10. The highest BCUT2D eigenvalue weighted by molar-refractivity contribution is 7.33. The lowest BCUT2D eigenvalue weighted by molar-refractivity contribution is -0.208. The van der Waals surface area contributed by atoms with Gasteiger partial charge in [0.15, 0.2) is 6.10 Å². The predicted octanol–water partition coefficient (Wildman–Crippen LogP) is 6.12. The van der Waals surface area contributed by atoms with Crippen molar-refractivity contribution in [2.45, 2.75) is 96.0 Å². The van der Waals surface area contributed by atoms with Crippen LogP contribution in [0.3, 0.4) is 0 Å². The van der Waals surface area contributed by atoms with E-state index in [1.54, 1.807) is 7.05 Å². The fourth-order valence-corrected chi connectivity index (χ4v) is 3.68. The van der Waals surface area contributed by atoms with E-state index >= 15 is 0 Å². The molecule has 0 rings (SSSR count). The molecule has 0 aliphatic rings. The van der Waals surface area contributed by atoms with E-state index < -0.39 is 20.3 Å². The Morgan fingerprint density at radius 2 is 1.39 bits per heavy atom.